The Morgan fingerprint density at radius 3 is 2.47 bits per heavy atom. The van der Waals surface area contributed by atoms with Crippen molar-refractivity contribution in [1.29, 1.82) is 0 Å². The fourth-order valence-corrected chi connectivity index (χ4v) is 1.72. The minimum absolute atomic E-state index is 0.184. The summed E-state index contributed by atoms with van der Waals surface area (Å²) in [5.74, 6) is -0.0209. The first-order chi connectivity index (χ1) is 9.10. The maximum absolute atomic E-state index is 12.0. The van der Waals surface area contributed by atoms with E-state index in [1.807, 2.05) is 24.3 Å². The lowest BCUT2D eigenvalue weighted by Crippen LogP contribution is -2.12. The van der Waals surface area contributed by atoms with E-state index in [-0.39, 0.29) is 11.7 Å². The number of carbonyl (C=O) groups excluding carboxylic acids is 1. The van der Waals surface area contributed by atoms with Gasteiger partial charge in [0.2, 0.25) is 0 Å². The Morgan fingerprint density at radius 2 is 1.89 bits per heavy atom. The van der Waals surface area contributed by atoms with Crippen LogP contribution in [0.1, 0.15) is 21.5 Å². The van der Waals surface area contributed by atoms with Gasteiger partial charge in [-0.3, -0.25) is 4.79 Å². The number of phenolic OH excluding ortho intramolecular Hbond substituents is 1. The van der Waals surface area contributed by atoms with Crippen molar-refractivity contribution >= 4 is 11.6 Å². The van der Waals surface area contributed by atoms with Gasteiger partial charge < -0.3 is 16.2 Å². The fraction of sp³-hybridized carbons (Fsp3) is 0.133. The van der Waals surface area contributed by atoms with Crippen LogP contribution in [0.15, 0.2) is 42.5 Å². The number of aryl methyl sites for hydroxylation is 1. The van der Waals surface area contributed by atoms with Crippen LogP contribution in [0, 0.1) is 6.92 Å². The molecule has 0 bridgehead atoms. The largest absolute Gasteiger partial charge is 0.508 e. The maximum atomic E-state index is 12.0. The normalized spacial score (nSPS) is 10.2. The molecule has 19 heavy (non-hydrogen) atoms. The van der Waals surface area contributed by atoms with Gasteiger partial charge in [0.25, 0.3) is 5.91 Å². The van der Waals surface area contributed by atoms with Gasteiger partial charge in [-0.25, -0.2) is 0 Å². The Labute approximate surface area is 111 Å². The van der Waals surface area contributed by atoms with Crippen molar-refractivity contribution < 1.29 is 9.90 Å². The van der Waals surface area contributed by atoms with Crippen LogP contribution in [0.3, 0.4) is 0 Å². The summed E-state index contributed by atoms with van der Waals surface area (Å²) in [7, 11) is 0. The highest BCUT2D eigenvalue weighted by Crippen LogP contribution is 2.18. The summed E-state index contributed by atoms with van der Waals surface area (Å²) >= 11 is 0. The van der Waals surface area contributed by atoms with Crippen molar-refractivity contribution in [3.8, 4) is 5.75 Å². The van der Waals surface area contributed by atoms with Gasteiger partial charge in [-0.05, 0) is 48.4 Å². The Bertz CT molecular complexity index is 592. The van der Waals surface area contributed by atoms with E-state index in [1.54, 1.807) is 19.1 Å². The molecule has 0 atom stereocenters. The summed E-state index contributed by atoms with van der Waals surface area (Å²) in [6.07, 6.45) is 0. The summed E-state index contributed by atoms with van der Waals surface area (Å²) in [5.41, 5.74) is 8.42. The Hall–Kier alpha value is -2.33. The number of nitrogens with one attached hydrogen (secondary N) is 1. The molecule has 2 aromatic rings. The lowest BCUT2D eigenvalue weighted by Gasteiger charge is -2.07. The maximum Gasteiger partial charge on any atom is 0.255 e. The summed E-state index contributed by atoms with van der Waals surface area (Å²) in [6, 6.07) is 12.1. The van der Waals surface area contributed by atoms with Gasteiger partial charge in [-0.2, -0.15) is 0 Å². The Balaban J connectivity index is 2.13. The molecule has 0 saturated heterocycles. The van der Waals surface area contributed by atoms with Gasteiger partial charge in [0.05, 0.1) is 0 Å². The van der Waals surface area contributed by atoms with E-state index in [2.05, 4.69) is 5.32 Å². The highest BCUT2D eigenvalue weighted by molar-refractivity contribution is 6.04. The molecule has 0 fully saturated rings. The third-order valence-electron chi connectivity index (χ3n) is 2.91. The average Bonchev–Trinajstić information content (AvgIpc) is 2.42. The lowest BCUT2D eigenvalue weighted by molar-refractivity contribution is 0.102. The molecule has 1 amide bonds. The van der Waals surface area contributed by atoms with Gasteiger partial charge in [-0.15, -0.1) is 0 Å². The van der Waals surface area contributed by atoms with Gasteiger partial charge in [0, 0.05) is 17.8 Å². The predicted molar refractivity (Wildman–Crippen MR) is 75.1 cm³/mol. The number of benzene rings is 2. The number of rotatable bonds is 3. The van der Waals surface area contributed by atoms with Crippen LogP contribution in [0.25, 0.3) is 0 Å². The van der Waals surface area contributed by atoms with E-state index in [4.69, 9.17) is 5.73 Å². The lowest BCUT2D eigenvalue weighted by atomic mass is 10.1. The summed E-state index contributed by atoms with van der Waals surface area (Å²) in [5, 5.41) is 12.2. The number of phenols is 1. The molecule has 0 heterocycles. The van der Waals surface area contributed by atoms with Crippen LogP contribution in [-0.4, -0.2) is 11.0 Å². The van der Waals surface area contributed by atoms with Gasteiger partial charge in [0.1, 0.15) is 5.75 Å². The zero-order valence-corrected chi connectivity index (χ0v) is 10.7. The van der Waals surface area contributed by atoms with E-state index in [0.29, 0.717) is 23.4 Å². The van der Waals surface area contributed by atoms with E-state index < -0.39 is 0 Å². The molecule has 0 aliphatic heterocycles. The van der Waals surface area contributed by atoms with Crippen LogP contribution in [-0.2, 0) is 6.54 Å². The zero-order chi connectivity index (χ0) is 13.8. The van der Waals surface area contributed by atoms with Crippen LogP contribution >= 0.6 is 0 Å². The Morgan fingerprint density at radius 1 is 1.21 bits per heavy atom. The highest BCUT2D eigenvalue weighted by Gasteiger charge is 2.07. The minimum atomic E-state index is -0.205. The molecule has 0 saturated carbocycles. The number of hydrogen-bond donors (Lipinski definition) is 3. The van der Waals surface area contributed by atoms with Crippen molar-refractivity contribution in [2.24, 2.45) is 5.73 Å². The third kappa shape index (κ3) is 3.11. The molecule has 0 unspecified atom stereocenters. The van der Waals surface area contributed by atoms with Crippen molar-refractivity contribution in [3.63, 3.8) is 0 Å². The average molecular weight is 256 g/mol. The van der Waals surface area contributed by atoms with Gasteiger partial charge in [-0.1, -0.05) is 12.1 Å². The van der Waals surface area contributed by atoms with E-state index in [1.165, 1.54) is 6.07 Å². The molecule has 4 nitrogen and oxygen atoms in total. The van der Waals surface area contributed by atoms with Crippen molar-refractivity contribution in [2.75, 3.05) is 5.32 Å². The van der Waals surface area contributed by atoms with Crippen LogP contribution < -0.4 is 11.1 Å². The van der Waals surface area contributed by atoms with Crippen molar-refractivity contribution in [1.82, 2.24) is 0 Å². The van der Waals surface area contributed by atoms with Crippen molar-refractivity contribution in [3.05, 3.63) is 59.2 Å². The molecule has 2 aromatic carbocycles. The number of anilines is 1. The summed E-state index contributed by atoms with van der Waals surface area (Å²) in [6.45, 7) is 2.23. The molecule has 0 spiro atoms. The third-order valence-corrected chi connectivity index (χ3v) is 2.91. The Kier molecular flexibility index (Phi) is 3.82. The van der Waals surface area contributed by atoms with Crippen LogP contribution in [0.5, 0.6) is 5.75 Å². The number of nitrogens with two attached hydrogens (primary N) is 1. The first kappa shape index (κ1) is 13.1. The zero-order valence-electron chi connectivity index (χ0n) is 10.7. The summed E-state index contributed by atoms with van der Waals surface area (Å²) < 4.78 is 0. The highest BCUT2D eigenvalue weighted by atomic mass is 16.3. The molecular formula is C15H16N2O2. The van der Waals surface area contributed by atoms with E-state index in [0.717, 1.165) is 5.56 Å². The number of aromatic hydroxyl groups is 1. The van der Waals surface area contributed by atoms with E-state index >= 15 is 0 Å². The molecule has 4 heteroatoms. The smallest absolute Gasteiger partial charge is 0.255 e. The number of hydrogen-bond acceptors (Lipinski definition) is 3. The molecule has 0 aromatic heterocycles. The quantitative estimate of drug-likeness (QED) is 0.789. The summed E-state index contributed by atoms with van der Waals surface area (Å²) in [4.78, 5) is 12.0. The van der Waals surface area contributed by atoms with Gasteiger partial charge >= 0.3 is 0 Å². The minimum Gasteiger partial charge on any atom is -0.508 e. The fourth-order valence-electron chi connectivity index (χ4n) is 1.72. The van der Waals surface area contributed by atoms with Crippen molar-refractivity contribution in [2.45, 2.75) is 13.5 Å². The molecule has 0 radical (unpaired) electrons. The molecule has 2 rings (SSSR count). The number of carbonyl (C=O) groups is 1. The monoisotopic (exact) mass is 256 g/mol. The van der Waals surface area contributed by atoms with Gasteiger partial charge in [0.15, 0.2) is 0 Å². The van der Waals surface area contributed by atoms with Crippen LogP contribution in [0.2, 0.25) is 0 Å². The second-order valence-electron chi connectivity index (χ2n) is 4.36. The molecule has 0 aliphatic carbocycles. The molecule has 0 aliphatic rings. The predicted octanol–water partition coefficient (Wildman–Crippen LogP) is 2.41. The SMILES string of the molecule is Cc1cc(C(=O)Nc2ccc(CN)cc2)ccc1O. The number of amides is 1. The second-order valence-corrected chi connectivity index (χ2v) is 4.36. The molecule has 98 valence electrons. The van der Waals surface area contributed by atoms with E-state index in [9.17, 15) is 9.90 Å². The molecular weight excluding hydrogens is 240 g/mol. The first-order valence-electron chi connectivity index (χ1n) is 6.00. The second kappa shape index (κ2) is 5.54. The first-order valence-corrected chi connectivity index (χ1v) is 6.00. The molecule has 4 N–H and O–H groups in total. The standard InChI is InChI=1S/C15H16N2O2/c1-10-8-12(4-7-14(10)18)15(19)17-13-5-2-11(9-16)3-6-13/h2-8,18H,9,16H2,1H3,(H,17,19). The van der Waals surface area contributed by atoms with Crippen LogP contribution in [0.4, 0.5) is 5.69 Å². The topological polar surface area (TPSA) is 75.4 Å².